The van der Waals surface area contributed by atoms with Crippen molar-refractivity contribution in [1.29, 1.82) is 0 Å². The van der Waals surface area contributed by atoms with Crippen LogP contribution in [-0.4, -0.2) is 44.6 Å². The van der Waals surface area contributed by atoms with Crippen LogP contribution in [0.3, 0.4) is 0 Å². The summed E-state index contributed by atoms with van der Waals surface area (Å²) in [6.45, 7) is 1.21. The number of hydrogen-bond acceptors (Lipinski definition) is 5. The summed E-state index contributed by atoms with van der Waals surface area (Å²) in [5.41, 5.74) is 0.394. The van der Waals surface area contributed by atoms with Gasteiger partial charge in [0.15, 0.2) is 6.61 Å². The van der Waals surface area contributed by atoms with Crippen molar-refractivity contribution in [3.05, 3.63) is 69.0 Å². The molecule has 1 saturated heterocycles. The second-order valence-electron chi connectivity index (χ2n) is 7.59. The van der Waals surface area contributed by atoms with Crippen LogP contribution in [0, 0.1) is 0 Å². The largest absolute Gasteiger partial charge is 0.484 e. The number of pyridine rings is 1. The molecule has 1 aliphatic heterocycles. The topological polar surface area (TPSA) is 86.4 Å². The summed E-state index contributed by atoms with van der Waals surface area (Å²) < 4.78 is 8.06. The van der Waals surface area contributed by atoms with Crippen molar-refractivity contribution in [3.8, 4) is 5.75 Å². The molecule has 3 heterocycles. The Kier molecular flexibility index (Phi) is 5.39. The van der Waals surface area contributed by atoms with Crippen LogP contribution >= 0.6 is 0 Å². The first-order valence-electron chi connectivity index (χ1n) is 9.98. The van der Waals surface area contributed by atoms with Gasteiger partial charge in [-0.2, -0.15) is 0 Å². The van der Waals surface area contributed by atoms with Crippen LogP contribution in [0.5, 0.6) is 5.75 Å². The van der Waals surface area contributed by atoms with E-state index in [1.54, 1.807) is 18.0 Å². The monoisotopic (exact) mass is 408 g/mol. The third-order valence-corrected chi connectivity index (χ3v) is 5.62. The third kappa shape index (κ3) is 3.72. The molecule has 0 spiro atoms. The number of nitrogens with zero attached hydrogens (tertiary/aromatic N) is 4. The minimum Gasteiger partial charge on any atom is -0.484 e. The number of para-hydroxylation sites is 1. The summed E-state index contributed by atoms with van der Waals surface area (Å²) in [6.07, 6.45) is 1.75. The van der Waals surface area contributed by atoms with Crippen LogP contribution in [0.4, 0.5) is 0 Å². The van der Waals surface area contributed by atoms with Gasteiger partial charge in [-0.25, -0.2) is 9.78 Å². The highest BCUT2D eigenvalue weighted by atomic mass is 16.5. The van der Waals surface area contributed by atoms with E-state index in [1.165, 1.54) is 11.6 Å². The van der Waals surface area contributed by atoms with Crippen molar-refractivity contribution in [3.63, 3.8) is 0 Å². The Morgan fingerprint density at radius 1 is 1.10 bits per heavy atom. The molecular formula is C22H24N4O4. The molecular weight excluding hydrogens is 384 g/mol. The molecule has 4 rings (SSSR count). The van der Waals surface area contributed by atoms with Gasteiger partial charge in [-0.05, 0) is 37.1 Å². The second-order valence-corrected chi connectivity index (χ2v) is 7.59. The van der Waals surface area contributed by atoms with E-state index in [-0.39, 0.29) is 24.0 Å². The molecule has 3 aromatic rings. The molecule has 1 aliphatic rings. The number of carbonyl (C=O) groups excluding carboxylic acids is 1. The fourth-order valence-electron chi connectivity index (χ4n) is 3.89. The standard InChI is InChI=1S/C22H24N4O4/c1-24-20-17(21(28)25(2)22(24)29)10-11-18(23-20)15-7-6-12-26(13-15)19(27)14-30-16-8-4-3-5-9-16/h3-5,8-11,15H,6-7,12-14H2,1-2H3/t15-/m1/s1. The average Bonchev–Trinajstić information content (AvgIpc) is 2.80. The summed E-state index contributed by atoms with van der Waals surface area (Å²) in [4.78, 5) is 43.7. The normalized spacial score (nSPS) is 16.6. The number of carbonyl (C=O) groups is 1. The maximum atomic E-state index is 12.6. The van der Waals surface area contributed by atoms with Gasteiger partial charge in [0.25, 0.3) is 11.5 Å². The van der Waals surface area contributed by atoms with Crippen molar-refractivity contribution < 1.29 is 9.53 Å². The van der Waals surface area contributed by atoms with E-state index >= 15 is 0 Å². The summed E-state index contributed by atoms with van der Waals surface area (Å²) >= 11 is 0. The minimum absolute atomic E-state index is 0.00751. The van der Waals surface area contributed by atoms with Crippen LogP contribution in [0.25, 0.3) is 11.0 Å². The van der Waals surface area contributed by atoms with Gasteiger partial charge in [0.05, 0.1) is 5.39 Å². The van der Waals surface area contributed by atoms with Gasteiger partial charge in [-0.15, -0.1) is 0 Å². The molecule has 0 aliphatic carbocycles. The number of benzene rings is 1. The lowest BCUT2D eigenvalue weighted by Crippen LogP contribution is -2.42. The van der Waals surface area contributed by atoms with Crippen molar-refractivity contribution >= 4 is 16.9 Å². The summed E-state index contributed by atoms with van der Waals surface area (Å²) in [5, 5.41) is 0.406. The first kappa shape index (κ1) is 19.9. The predicted molar refractivity (Wildman–Crippen MR) is 113 cm³/mol. The van der Waals surface area contributed by atoms with Crippen LogP contribution < -0.4 is 16.0 Å². The number of piperidine rings is 1. The number of ether oxygens (including phenoxy) is 1. The van der Waals surface area contributed by atoms with Crippen molar-refractivity contribution in [2.75, 3.05) is 19.7 Å². The predicted octanol–water partition coefficient (Wildman–Crippen LogP) is 1.42. The minimum atomic E-state index is -0.407. The van der Waals surface area contributed by atoms with Gasteiger partial charge in [0.2, 0.25) is 0 Å². The summed E-state index contributed by atoms with van der Waals surface area (Å²) in [6, 6.07) is 12.8. The molecule has 8 nitrogen and oxygen atoms in total. The lowest BCUT2D eigenvalue weighted by atomic mass is 9.94. The van der Waals surface area contributed by atoms with Crippen molar-refractivity contribution in [2.24, 2.45) is 14.1 Å². The van der Waals surface area contributed by atoms with Crippen molar-refractivity contribution in [2.45, 2.75) is 18.8 Å². The van der Waals surface area contributed by atoms with Crippen LogP contribution in [0.2, 0.25) is 0 Å². The van der Waals surface area contributed by atoms with E-state index in [0.717, 1.165) is 23.1 Å². The molecule has 0 saturated carbocycles. The Labute approximate surface area is 173 Å². The van der Waals surface area contributed by atoms with Crippen LogP contribution in [-0.2, 0) is 18.9 Å². The molecule has 0 N–H and O–H groups in total. The van der Waals surface area contributed by atoms with E-state index in [4.69, 9.17) is 4.74 Å². The Morgan fingerprint density at radius 2 is 1.87 bits per heavy atom. The molecule has 1 aromatic carbocycles. The SMILES string of the molecule is Cn1c(=O)c2ccc([C@@H]3CCCN(C(=O)COc4ccccc4)C3)nc2n(C)c1=O. The number of hydrogen-bond donors (Lipinski definition) is 0. The van der Waals surface area contributed by atoms with Crippen LogP contribution in [0.1, 0.15) is 24.5 Å². The fraction of sp³-hybridized carbons (Fsp3) is 0.364. The number of aromatic nitrogens is 3. The maximum absolute atomic E-state index is 12.6. The molecule has 8 heteroatoms. The third-order valence-electron chi connectivity index (χ3n) is 5.62. The zero-order chi connectivity index (χ0) is 21.3. The molecule has 1 fully saturated rings. The van der Waals surface area contributed by atoms with E-state index in [1.807, 2.05) is 36.4 Å². The van der Waals surface area contributed by atoms with Crippen molar-refractivity contribution in [1.82, 2.24) is 19.0 Å². The Hall–Kier alpha value is -3.42. The van der Waals surface area contributed by atoms with E-state index in [9.17, 15) is 14.4 Å². The Balaban J connectivity index is 1.53. The molecule has 0 radical (unpaired) electrons. The van der Waals surface area contributed by atoms with Gasteiger partial charge < -0.3 is 9.64 Å². The lowest BCUT2D eigenvalue weighted by Gasteiger charge is -2.32. The molecule has 2 aromatic heterocycles. The van der Waals surface area contributed by atoms with E-state index < -0.39 is 5.69 Å². The highest BCUT2D eigenvalue weighted by molar-refractivity contribution is 5.78. The molecule has 1 atom stereocenters. The van der Waals surface area contributed by atoms with E-state index in [0.29, 0.717) is 29.9 Å². The van der Waals surface area contributed by atoms with Crippen LogP contribution in [0.15, 0.2) is 52.1 Å². The summed E-state index contributed by atoms with van der Waals surface area (Å²) in [5.74, 6) is 0.645. The number of amides is 1. The van der Waals surface area contributed by atoms with Gasteiger partial charge in [-0.3, -0.25) is 18.7 Å². The molecule has 1 amide bonds. The summed E-state index contributed by atoms with van der Waals surface area (Å²) in [7, 11) is 3.07. The highest BCUT2D eigenvalue weighted by Gasteiger charge is 2.26. The number of rotatable bonds is 4. The number of fused-ring (bicyclic) bond motifs is 1. The lowest BCUT2D eigenvalue weighted by molar-refractivity contribution is -0.134. The zero-order valence-electron chi connectivity index (χ0n) is 17.1. The maximum Gasteiger partial charge on any atom is 0.332 e. The average molecular weight is 408 g/mol. The van der Waals surface area contributed by atoms with E-state index in [2.05, 4.69) is 4.98 Å². The highest BCUT2D eigenvalue weighted by Crippen LogP contribution is 2.26. The molecule has 156 valence electrons. The van der Waals surface area contributed by atoms with Gasteiger partial charge in [-0.1, -0.05) is 18.2 Å². The number of likely N-dealkylation sites (tertiary alicyclic amines) is 1. The van der Waals surface area contributed by atoms with Gasteiger partial charge in [0.1, 0.15) is 11.4 Å². The van der Waals surface area contributed by atoms with Gasteiger partial charge in [0, 0.05) is 38.8 Å². The van der Waals surface area contributed by atoms with Gasteiger partial charge >= 0.3 is 5.69 Å². The Morgan fingerprint density at radius 3 is 2.63 bits per heavy atom. The quantitative estimate of drug-likeness (QED) is 0.652. The second kappa shape index (κ2) is 8.14. The smallest absolute Gasteiger partial charge is 0.332 e. The first-order chi connectivity index (χ1) is 14.5. The zero-order valence-corrected chi connectivity index (χ0v) is 17.1. The Bertz CT molecular complexity index is 1200. The molecule has 0 bridgehead atoms. The molecule has 30 heavy (non-hydrogen) atoms. The first-order valence-corrected chi connectivity index (χ1v) is 9.98. The fourth-order valence-corrected chi connectivity index (χ4v) is 3.89. The number of aryl methyl sites for hydroxylation is 1. The molecule has 0 unspecified atom stereocenters.